The number of para-hydroxylation sites is 3. The van der Waals surface area contributed by atoms with Gasteiger partial charge in [-0.25, -0.2) is 9.36 Å². The molecule has 0 aliphatic carbocycles. The first kappa shape index (κ1) is 28.9. The fourth-order valence-corrected chi connectivity index (χ4v) is 5.70. The van der Waals surface area contributed by atoms with Gasteiger partial charge in [-0.1, -0.05) is 54.6 Å². The summed E-state index contributed by atoms with van der Waals surface area (Å²) >= 11 is 0. The lowest BCUT2D eigenvalue weighted by Crippen LogP contribution is -2.41. The quantitative estimate of drug-likeness (QED) is 0.217. The van der Waals surface area contributed by atoms with Crippen LogP contribution in [0.5, 0.6) is 17.2 Å². The van der Waals surface area contributed by atoms with Crippen molar-refractivity contribution in [3.8, 4) is 17.2 Å². The van der Waals surface area contributed by atoms with Crippen molar-refractivity contribution >= 4 is 19.4 Å². The summed E-state index contributed by atoms with van der Waals surface area (Å²) in [4.78, 5) is 50.7. The Balaban J connectivity index is 1.62. The summed E-state index contributed by atoms with van der Waals surface area (Å²) in [7, 11) is -2.88. The summed E-state index contributed by atoms with van der Waals surface area (Å²) in [5, 5.41) is 5.07. The highest BCUT2D eigenvalue weighted by Crippen LogP contribution is 2.60. The molecule has 1 aromatic heterocycles. The molecule has 0 saturated carbocycles. The van der Waals surface area contributed by atoms with Gasteiger partial charge >= 0.3 is 13.3 Å². The first-order valence-corrected chi connectivity index (χ1v) is 14.0. The predicted molar refractivity (Wildman–Crippen MR) is 150 cm³/mol. The number of ether oxygens (including phenoxy) is 1. The van der Waals surface area contributed by atoms with E-state index >= 15 is 0 Å². The molecule has 13 heteroatoms. The van der Waals surface area contributed by atoms with Crippen molar-refractivity contribution in [3.63, 3.8) is 0 Å². The number of carbonyl (C=O) groups excluding carboxylic acids is 2. The van der Waals surface area contributed by atoms with Crippen molar-refractivity contribution < 1.29 is 27.9 Å². The van der Waals surface area contributed by atoms with Gasteiger partial charge in [-0.2, -0.15) is 0 Å². The zero-order valence-electron chi connectivity index (χ0n) is 21.9. The van der Waals surface area contributed by atoms with Gasteiger partial charge in [-0.3, -0.25) is 23.9 Å². The van der Waals surface area contributed by atoms with E-state index in [9.17, 15) is 23.7 Å². The predicted octanol–water partition coefficient (Wildman–Crippen LogP) is 2.83. The number of methoxy groups -OCH3 is 1. The largest absolute Gasteiger partial charge is 0.496 e. The van der Waals surface area contributed by atoms with Crippen molar-refractivity contribution in [2.75, 3.05) is 13.7 Å². The molecule has 0 saturated heterocycles. The van der Waals surface area contributed by atoms with E-state index in [1.54, 1.807) is 84.9 Å². The van der Waals surface area contributed by atoms with E-state index in [0.717, 1.165) is 16.8 Å². The Labute approximate surface area is 234 Å². The number of nitrogens with one attached hydrogen (secondary N) is 3. The van der Waals surface area contributed by atoms with Crippen LogP contribution in [0.1, 0.15) is 11.3 Å². The van der Waals surface area contributed by atoms with Crippen LogP contribution in [0.3, 0.4) is 0 Å². The standard InChI is InChI=1S/C28H27N4O8P/c1-38-23-15-9-8-14-22(23)27(30-25(34)18-29-26(35)19-32-17-16-24(33)31-28(32)36)41(37,39-20-10-4-2-5-11-20)40-21-12-6-3-7-13-21/h2-17,27H,18-19H2,1H3,(H,29,35)(H,30,34)(H,31,33,36)/t27-/m0/s1. The van der Waals surface area contributed by atoms with Gasteiger partial charge in [-0.05, 0) is 30.3 Å². The van der Waals surface area contributed by atoms with Crippen LogP contribution >= 0.6 is 7.60 Å². The second kappa shape index (κ2) is 13.3. The minimum atomic E-state index is -4.31. The third-order valence-electron chi connectivity index (χ3n) is 5.66. The first-order chi connectivity index (χ1) is 19.8. The number of nitrogens with zero attached hydrogens (tertiary/aromatic N) is 1. The summed E-state index contributed by atoms with van der Waals surface area (Å²) in [6.07, 6.45) is 1.16. The Bertz CT molecular complexity index is 1610. The van der Waals surface area contributed by atoms with Crippen LogP contribution in [-0.4, -0.2) is 35.0 Å². The highest BCUT2D eigenvalue weighted by molar-refractivity contribution is 7.55. The molecule has 1 heterocycles. The normalized spacial score (nSPS) is 11.6. The summed E-state index contributed by atoms with van der Waals surface area (Å²) < 4.78 is 33.0. The van der Waals surface area contributed by atoms with Crippen molar-refractivity contribution in [2.45, 2.75) is 12.3 Å². The first-order valence-electron chi connectivity index (χ1n) is 12.3. The van der Waals surface area contributed by atoms with E-state index in [1.807, 2.05) is 4.98 Å². The lowest BCUT2D eigenvalue weighted by molar-refractivity contribution is -0.126. The highest BCUT2D eigenvalue weighted by atomic mass is 31.2. The number of aromatic amines is 1. The lowest BCUT2D eigenvalue weighted by Gasteiger charge is -2.29. The van der Waals surface area contributed by atoms with Gasteiger partial charge in [0.05, 0.1) is 13.7 Å². The van der Waals surface area contributed by atoms with Crippen LogP contribution in [0.25, 0.3) is 0 Å². The van der Waals surface area contributed by atoms with E-state index in [-0.39, 0.29) is 11.5 Å². The van der Waals surface area contributed by atoms with Crippen LogP contribution < -0.4 is 35.7 Å². The summed E-state index contributed by atoms with van der Waals surface area (Å²) in [5.74, 6) is -1.98. The second-order valence-electron chi connectivity index (χ2n) is 8.58. The highest BCUT2D eigenvalue weighted by Gasteiger charge is 2.43. The van der Waals surface area contributed by atoms with Crippen LogP contribution in [0.4, 0.5) is 0 Å². The third-order valence-corrected chi connectivity index (χ3v) is 7.63. The van der Waals surface area contributed by atoms with E-state index in [2.05, 4.69) is 10.6 Å². The van der Waals surface area contributed by atoms with E-state index < -0.39 is 49.5 Å². The van der Waals surface area contributed by atoms with Crippen molar-refractivity contribution in [1.29, 1.82) is 0 Å². The smallest absolute Gasteiger partial charge is 0.457 e. The van der Waals surface area contributed by atoms with Gasteiger partial charge < -0.3 is 24.4 Å². The van der Waals surface area contributed by atoms with Gasteiger partial charge in [0.1, 0.15) is 23.8 Å². The van der Waals surface area contributed by atoms with E-state index in [0.29, 0.717) is 11.3 Å². The average molecular weight is 579 g/mol. The Hall–Kier alpha value is -5.09. The molecule has 0 bridgehead atoms. The number of carbonyl (C=O) groups is 2. The molecular weight excluding hydrogens is 551 g/mol. The zero-order valence-corrected chi connectivity index (χ0v) is 22.8. The van der Waals surface area contributed by atoms with Gasteiger partial charge in [0.2, 0.25) is 11.8 Å². The lowest BCUT2D eigenvalue weighted by atomic mass is 10.2. The van der Waals surface area contributed by atoms with Crippen molar-refractivity contribution in [1.82, 2.24) is 20.2 Å². The molecule has 41 heavy (non-hydrogen) atoms. The molecule has 0 aliphatic heterocycles. The van der Waals surface area contributed by atoms with Crippen LogP contribution in [0, 0.1) is 0 Å². The Morgan fingerprint density at radius 3 is 2.02 bits per heavy atom. The van der Waals surface area contributed by atoms with Gasteiger partial charge in [0.15, 0.2) is 5.78 Å². The SMILES string of the molecule is COc1ccccc1[C@@H](NC(=O)CNC(=O)Cn1ccc(=O)[nH]c1=O)P(=O)(Oc1ccccc1)Oc1ccccc1. The monoisotopic (exact) mass is 578 g/mol. The maximum Gasteiger partial charge on any atom is 0.457 e. The summed E-state index contributed by atoms with van der Waals surface area (Å²) in [6.45, 7) is -0.967. The molecule has 1 atom stereocenters. The fraction of sp³-hybridized carbons (Fsp3) is 0.143. The molecule has 4 rings (SSSR count). The molecule has 0 unspecified atom stereocenters. The average Bonchev–Trinajstić information content (AvgIpc) is 2.97. The molecule has 0 spiro atoms. The van der Waals surface area contributed by atoms with E-state index in [4.69, 9.17) is 13.8 Å². The Morgan fingerprint density at radius 1 is 0.854 bits per heavy atom. The number of amides is 2. The Morgan fingerprint density at radius 2 is 1.44 bits per heavy atom. The summed E-state index contributed by atoms with van der Waals surface area (Å²) in [6, 6.07) is 24.4. The molecule has 3 N–H and O–H groups in total. The van der Waals surface area contributed by atoms with Crippen LogP contribution in [0.15, 0.2) is 107 Å². The number of benzene rings is 3. The minimum absolute atomic E-state index is 0.237. The van der Waals surface area contributed by atoms with Gasteiger partial charge in [0, 0.05) is 17.8 Å². The second-order valence-corrected chi connectivity index (χ2v) is 10.5. The molecule has 12 nitrogen and oxygen atoms in total. The van der Waals surface area contributed by atoms with Crippen LogP contribution in [0.2, 0.25) is 0 Å². The minimum Gasteiger partial charge on any atom is -0.496 e. The maximum atomic E-state index is 14.6. The number of H-pyrrole nitrogens is 1. The summed E-state index contributed by atoms with van der Waals surface area (Å²) in [5.41, 5.74) is -1.07. The number of hydrogen-bond donors (Lipinski definition) is 3. The number of hydrogen-bond acceptors (Lipinski definition) is 8. The number of rotatable bonds is 12. The molecular formula is C28H27N4O8P. The third kappa shape index (κ3) is 7.74. The molecule has 212 valence electrons. The van der Waals surface area contributed by atoms with Crippen molar-refractivity contribution in [2.24, 2.45) is 0 Å². The zero-order chi connectivity index (χ0) is 29.2. The molecule has 0 aliphatic rings. The maximum absolute atomic E-state index is 14.6. The number of aromatic nitrogens is 2. The topological polar surface area (TPSA) is 158 Å². The van der Waals surface area contributed by atoms with E-state index in [1.165, 1.54) is 7.11 Å². The Kier molecular flexibility index (Phi) is 9.39. The van der Waals surface area contributed by atoms with Crippen molar-refractivity contribution in [3.05, 3.63) is 124 Å². The molecule has 3 aromatic carbocycles. The molecule has 0 radical (unpaired) electrons. The fourth-order valence-electron chi connectivity index (χ4n) is 3.76. The van der Waals surface area contributed by atoms with Gasteiger partial charge in [0.25, 0.3) is 5.56 Å². The van der Waals surface area contributed by atoms with Gasteiger partial charge in [-0.15, -0.1) is 0 Å². The van der Waals surface area contributed by atoms with Crippen LogP contribution in [-0.2, 0) is 20.7 Å². The molecule has 2 amide bonds. The molecule has 4 aromatic rings. The molecule has 0 fully saturated rings.